The SMILES string of the molecule is O=C(N/N=C\C=C\c1ccccc1)c1ccc(OCc2ccc(Cl)cc2Cl)cc1. The van der Waals surface area contributed by atoms with Gasteiger partial charge in [-0.3, -0.25) is 4.79 Å². The zero-order valence-electron chi connectivity index (χ0n) is 15.4. The molecule has 3 aromatic rings. The van der Waals surface area contributed by atoms with Crippen LogP contribution in [0.2, 0.25) is 10.0 Å². The third kappa shape index (κ3) is 6.49. The molecule has 0 atom stereocenters. The summed E-state index contributed by atoms with van der Waals surface area (Å²) in [6, 6.07) is 21.8. The minimum Gasteiger partial charge on any atom is -0.489 e. The van der Waals surface area contributed by atoms with E-state index in [4.69, 9.17) is 27.9 Å². The van der Waals surface area contributed by atoms with Gasteiger partial charge < -0.3 is 4.74 Å². The molecule has 0 spiro atoms. The molecule has 0 radical (unpaired) electrons. The van der Waals surface area contributed by atoms with E-state index in [1.165, 1.54) is 6.21 Å². The van der Waals surface area contributed by atoms with Crippen molar-refractivity contribution in [2.75, 3.05) is 0 Å². The first-order valence-electron chi connectivity index (χ1n) is 8.84. The first-order chi connectivity index (χ1) is 14.1. The molecule has 6 heteroatoms. The number of benzene rings is 3. The Balaban J connectivity index is 1.49. The number of carbonyl (C=O) groups is 1. The molecule has 0 saturated heterocycles. The van der Waals surface area contributed by atoms with Crippen molar-refractivity contribution < 1.29 is 9.53 Å². The van der Waals surface area contributed by atoms with E-state index in [0.717, 1.165) is 11.1 Å². The lowest BCUT2D eigenvalue weighted by molar-refractivity contribution is 0.0955. The van der Waals surface area contributed by atoms with Gasteiger partial charge in [-0.05, 0) is 48.0 Å². The maximum atomic E-state index is 12.1. The summed E-state index contributed by atoms with van der Waals surface area (Å²) in [7, 11) is 0. The third-order valence-corrected chi connectivity index (χ3v) is 4.53. The second-order valence-electron chi connectivity index (χ2n) is 6.04. The first kappa shape index (κ1) is 20.6. The van der Waals surface area contributed by atoms with Crippen LogP contribution in [0, 0.1) is 0 Å². The van der Waals surface area contributed by atoms with Gasteiger partial charge in [-0.2, -0.15) is 5.10 Å². The van der Waals surface area contributed by atoms with Crippen LogP contribution in [-0.4, -0.2) is 12.1 Å². The number of rotatable bonds is 7. The van der Waals surface area contributed by atoms with E-state index in [9.17, 15) is 4.79 Å². The third-order valence-electron chi connectivity index (χ3n) is 3.94. The maximum absolute atomic E-state index is 12.1. The Morgan fingerprint density at radius 2 is 1.76 bits per heavy atom. The van der Waals surface area contributed by atoms with Gasteiger partial charge in [0.05, 0.1) is 0 Å². The van der Waals surface area contributed by atoms with Crippen molar-refractivity contribution in [3.8, 4) is 5.75 Å². The number of hydrogen-bond acceptors (Lipinski definition) is 3. The summed E-state index contributed by atoms with van der Waals surface area (Å²) in [5, 5.41) is 5.03. The Labute approximate surface area is 179 Å². The Bertz CT molecular complexity index is 1020. The number of carbonyl (C=O) groups excluding carboxylic acids is 1. The summed E-state index contributed by atoms with van der Waals surface area (Å²) in [6.45, 7) is 0.305. The van der Waals surface area contributed by atoms with Crippen molar-refractivity contribution in [3.63, 3.8) is 0 Å². The predicted octanol–water partition coefficient (Wildman–Crippen LogP) is 6.00. The molecule has 0 unspecified atom stereocenters. The molecule has 0 aliphatic heterocycles. The summed E-state index contributed by atoms with van der Waals surface area (Å²) in [5.74, 6) is 0.323. The van der Waals surface area contributed by atoms with Gasteiger partial charge in [-0.25, -0.2) is 5.43 Å². The Kier molecular flexibility index (Phi) is 7.45. The smallest absolute Gasteiger partial charge is 0.271 e. The molecule has 1 N–H and O–H groups in total. The minimum atomic E-state index is -0.304. The van der Waals surface area contributed by atoms with E-state index in [0.29, 0.717) is 28.0 Å². The second kappa shape index (κ2) is 10.5. The molecule has 0 aliphatic rings. The van der Waals surface area contributed by atoms with E-state index in [1.54, 1.807) is 42.5 Å². The van der Waals surface area contributed by atoms with Gasteiger partial charge in [-0.1, -0.05) is 65.7 Å². The van der Waals surface area contributed by atoms with Crippen molar-refractivity contribution in [2.24, 2.45) is 5.10 Å². The number of hydrazone groups is 1. The maximum Gasteiger partial charge on any atom is 0.271 e. The summed E-state index contributed by atoms with van der Waals surface area (Å²) in [6.07, 6.45) is 5.18. The molecule has 0 fully saturated rings. The van der Waals surface area contributed by atoms with Crippen LogP contribution in [0.1, 0.15) is 21.5 Å². The molecule has 4 nitrogen and oxygen atoms in total. The van der Waals surface area contributed by atoms with Crippen molar-refractivity contribution in [2.45, 2.75) is 6.61 Å². The van der Waals surface area contributed by atoms with Gasteiger partial charge in [0.1, 0.15) is 12.4 Å². The summed E-state index contributed by atoms with van der Waals surface area (Å²) in [5.41, 5.74) is 4.85. The van der Waals surface area contributed by atoms with Gasteiger partial charge in [0.15, 0.2) is 0 Å². The molecule has 3 rings (SSSR count). The number of nitrogens with zero attached hydrogens (tertiary/aromatic N) is 1. The van der Waals surface area contributed by atoms with E-state index in [1.807, 2.05) is 42.5 Å². The van der Waals surface area contributed by atoms with E-state index >= 15 is 0 Å². The monoisotopic (exact) mass is 424 g/mol. The van der Waals surface area contributed by atoms with Crippen molar-refractivity contribution in [3.05, 3.63) is 106 Å². The van der Waals surface area contributed by atoms with Crippen LogP contribution in [-0.2, 0) is 6.61 Å². The van der Waals surface area contributed by atoms with Gasteiger partial charge in [0.25, 0.3) is 5.91 Å². The topological polar surface area (TPSA) is 50.7 Å². The molecular formula is C23H18Cl2N2O2. The number of amides is 1. The molecule has 0 aliphatic carbocycles. The lowest BCUT2D eigenvalue weighted by Gasteiger charge is -2.08. The minimum absolute atomic E-state index is 0.304. The Morgan fingerprint density at radius 3 is 2.48 bits per heavy atom. The van der Waals surface area contributed by atoms with E-state index in [-0.39, 0.29) is 5.91 Å². The highest BCUT2D eigenvalue weighted by Gasteiger charge is 2.06. The van der Waals surface area contributed by atoms with Crippen LogP contribution >= 0.6 is 23.2 Å². The fourth-order valence-corrected chi connectivity index (χ4v) is 2.89. The van der Waals surface area contributed by atoms with Crippen LogP contribution in [0.5, 0.6) is 5.75 Å². The largest absolute Gasteiger partial charge is 0.489 e. The lowest BCUT2D eigenvalue weighted by atomic mass is 10.2. The van der Waals surface area contributed by atoms with Crippen molar-refractivity contribution in [1.82, 2.24) is 5.43 Å². The van der Waals surface area contributed by atoms with E-state index < -0.39 is 0 Å². The fraction of sp³-hybridized carbons (Fsp3) is 0.0435. The standard InChI is InChI=1S/C23H18Cl2N2O2/c24-20-11-8-19(22(25)15-20)16-29-21-12-9-18(10-13-21)23(28)27-26-14-4-7-17-5-2-1-3-6-17/h1-15H,16H2,(H,27,28)/b7-4+,26-14-. The fourth-order valence-electron chi connectivity index (χ4n) is 2.42. The molecule has 0 aromatic heterocycles. The van der Waals surface area contributed by atoms with Crippen LogP contribution in [0.25, 0.3) is 6.08 Å². The quantitative estimate of drug-likeness (QED) is 0.373. The summed E-state index contributed by atoms with van der Waals surface area (Å²) in [4.78, 5) is 12.1. The van der Waals surface area contributed by atoms with Crippen molar-refractivity contribution in [1.29, 1.82) is 0 Å². The number of ether oxygens (including phenoxy) is 1. The summed E-state index contributed by atoms with van der Waals surface area (Å²) < 4.78 is 5.70. The molecule has 3 aromatic carbocycles. The number of nitrogens with one attached hydrogen (secondary N) is 1. The zero-order valence-corrected chi connectivity index (χ0v) is 16.9. The number of allylic oxidation sites excluding steroid dienone is 1. The number of hydrogen-bond donors (Lipinski definition) is 1. The van der Waals surface area contributed by atoms with Crippen LogP contribution < -0.4 is 10.2 Å². The Hall–Kier alpha value is -3.08. The van der Waals surface area contributed by atoms with Crippen LogP contribution in [0.3, 0.4) is 0 Å². The van der Waals surface area contributed by atoms with Crippen molar-refractivity contribution >= 4 is 41.4 Å². The van der Waals surface area contributed by atoms with E-state index in [2.05, 4.69) is 10.5 Å². The zero-order chi connectivity index (χ0) is 20.5. The molecule has 0 saturated carbocycles. The molecule has 146 valence electrons. The average Bonchev–Trinajstić information content (AvgIpc) is 2.74. The van der Waals surface area contributed by atoms with Gasteiger partial charge in [0.2, 0.25) is 0 Å². The average molecular weight is 425 g/mol. The highest BCUT2D eigenvalue weighted by atomic mass is 35.5. The normalized spacial score (nSPS) is 11.1. The first-order valence-corrected chi connectivity index (χ1v) is 9.59. The van der Waals surface area contributed by atoms with Gasteiger partial charge in [-0.15, -0.1) is 0 Å². The summed E-state index contributed by atoms with van der Waals surface area (Å²) >= 11 is 12.0. The molecule has 1 amide bonds. The Morgan fingerprint density at radius 1 is 1.00 bits per heavy atom. The molecule has 29 heavy (non-hydrogen) atoms. The highest BCUT2D eigenvalue weighted by Crippen LogP contribution is 2.22. The highest BCUT2D eigenvalue weighted by molar-refractivity contribution is 6.35. The molecule has 0 bridgehead atoms. The van der Waals surface area contributed by atoms with Gasteiger partial charge in [0, 0.05) is 27.4 Å². The predicted molar refractivity (Wildman–Crippen MR) is 119 cm³/mol. The second-order valence-corrected chi connectivity index (χ2v) is 6.88. The lowest BCUT2D eigenvalue weighted by Crippen LogP contribution is -2.17. The van der Waals surface area contributed by atoms with Gasteiger partial charge >= 0.3 is 0 Å². The van der Waals surface area contributed by atoms with Crippen LogP contribution in [0.15, 0.2) is 84.0 Å². The molecule has 0 heterocycles. The molecular weight excluding hydrogens is 407 g/mol. The van der Waals surface area contributed by atoms with Crippen LogP contribution in [0.4, 0.5) is 0 Å². The number of halogens is 2.